The predicted molar refractivity (Wildman–Crippen MR) is 102 cm³/mol. The molecule has 2 rings (SSSR count). The lowest BCUT2D eigenvalue weighted by atomic mass is 9.96. The van der Waals surface area contributed by atoms with Gasteiger partial charge in [-0.1, -0.05) is 69.6 Å². The van der Waals surface area contributed by atoms with Gasteiger partial charge in [-0.15, -0.1) is 0 Å². The third kappa shape index (κ3) is 7.29. The highest BCUT2D eigenvalue weighted by Crippen LogP contribution is 2.21. The molecule has 0 saturated heterocycles. The van der Waals surface area contributed by atoms with Crippen molar-refractivity contribution in [3.8, 4) is 0 Å². The first-order valence-corrected chi connectivity index (χ1v) is 9.94. The molecule has 0 aromatic heterocycles. The monoisotopic (exact) mass is 346 g/mol. The van der Waals surface area contributed by atoms with Crippen LogP contribution in [-0.2, 0) is 11.3 Å². The molecular formula is C22H34O3. The summed E-state index contributed by atoms with van der Waals surface area (Å²) >= 11 is 0. The van der Waals surface area contributed by atoms with Crippen molar-refractivity contribution in [3.05, 3.63) is 35.4 Å². The van der Waals surface area contributed by atoms with Crippen LogP contribution >= 0.6 is 0 Å². The predicted octanol–water partition coefficient (Wildman–Crippen LogP) is 5.44. The fourth-order valence-corrected chi connectivity index (χ4v) is 3.49. The lowest BCUT2D eigenvalue weighted by Gasteiger charge is -2.19. The average molecular weight is 347 g/mol. The Morgan fingerprint density at radius 1 is 1.04 bits per heavy atom. The fraction of sp³-hybridized carbons (Fsp3) is 0.682. The molecule has 0 bridgehead atoms. The second-order valence-corrected chi connectivity index (χ2v) is 7.93. The Morgan fingerprint density at radius 2 is 1.60 bits per heavy atom. The average Bonchev–Trinajstić information content (AvgIpc) is 2.64. The summed E-state index contributed by atoms with van der Waals surface area (Å²) in [5.41, 5.74) is 0.217. The Kier molecular flexibility index (Phi) is 8.11. The number of carbonyl (C=O) groups excluding carboxylic acids is 1. The number of benzene rings is 1. The standard InChI is InChI=1S/C22H34O3/c1-22(2,24)21(23)19-13-11-12-18(16-19)17-25-20-14-9-7-5-3-4-6-8-10-15-20/h11-13,16,20,24H,3-10,14-15,17H2,1-2H3. The minimum Gasteiger partial charge on any atom is -0.382 e. The van der Waals surface area contributed by atoms with Gasteiger partial charge in [0.25, 0.3) is 0 Å². The smallest absolute Gasteiger partial charge is 0.193 e. The van der Waals surface area contributed by atoms with Crippen molar-refractivity contribution in [3.63, 3.8) is 0 Å². The maximum Gasteiger partial charge on any atom is 0.193 e. The van der Waals surface area contributed by atoms with Crippen LogP contribution in [0.15, 0.2) is 24.3 Å². The molecule has 0 amide bonds. The molecule has 0 heterocycles. The summed E-state index contributed by atoms with van der Waals surface area (Å²) < 4.78 is 6.19. The van der Waals surface area contributed by atoms with Gasteiger partial charge in [-0.05, 0) is 38.3 Å². The second-order valence-electron chi connectivity index (χ2n) is 7.93. The van der Waals surface area contributed by atoms with E-state index in [1.54, 1.807) is 6.07 Å². The third-order valence-corrected chi connectivity index (χ3v) is 5.03. The van der Waals surface area contributed by atoms with Gasteiger partial charge >= 0.3 is 0 Å². The third-order valence-electron chi connectivity index (χ3n) is 5.03. The van der Waals surface area contributed by atoms with Crippen LogP contribution in [0.3, 0.4) is 0 Å². The van der Waals surface area contributed by atoms with Crippen molar-refractivity contribution < 1.29 is 14.6 Å². The Hall–Kier alpha value is -1.19. The highest BCUT2D eigenvalue weighted by molar-refractivity contribution is 6.01. The van der Waals surface area contributed by atoms with Crippen LogP contribution in [0.25, 0.3) is 0 Å². The van der Waals surface area contributed by atoms with Crippen LogP contribution in [0.5, 0.6) is 0 Å². The van der Waals surface area contributed by atoms with Crippen LogP contribution in [0.1, 0.15) is 94.0 Å². The molecule has 1 fully saturated rings. The SMILES string of the molecule is CC(C)(O)C(=O)c1cccc(COC2CCCCCCCCCC2)c1. The Morgan fingerprint density at radius 3 is 2.16 bits per heavy atom. The zero-order valence-electron chi connectivity index (χ0n) is 15.9. The fourth-order valence-electron chi connectivity index (χ4n) is 3.49. The van der Waals surface area contributed by atoms with Gasteiger partial charge in [-0.2, -0.15) is 0 Å². The van der Waals surface area contributed by atoms with Crippen molar-refractivity contribution in [1.29, 1.82) is 0 Å². The van der Waals surface area contributed by atoms with Gasteiger partial charge < -0.3 is 9.84 Å². The summed E-state index contributed by atoms with van der Waals surface area (Å²) in [6.45, 7) is 3.60. The molecule has 1 aromatic rings. The molecule has 0 spiro atoms. The molecule has 1 aromatic carbocycles. The van der Waals surface area contributed by atoms with E-state index in [1.807, 2.05) is 18.2 Å². The number of ether oxygens (including phenoxy) is 1. The van der Waals surface area contributed by atoms with E-state index < -0.39 is 5.60 Å². The summed E-state index contributed by atoms with van der Waals surface area (Å²) in [7, 11) is 0. The summed E-state index contributed by atoms with van der Waals surface area (Å²) in [6.07, 6.45) is 13.2. The van der Waals surface area contributed by atoms with Crippen LogP contribution in [-0.4, -0.2) is 22.6 Å². The Balaban J connectivity index is 1.91. The van der Waals surface area contributed by atoms with Crippen LogP contribution < -0.4 is 0 Å². The maximum absolute atomic E-state index is 12.2. The maximum atomic E-state index is 12.2. The summed E-state index contributed by atoms with van der Waals surface area (Å²) in [5.74, 6) is -0.246. The van der Waals surface area contributed by atoms with Gasteiger partial charge in [0.05, 0.1) is 12.7 Å². The summed E-state index contributed by atoms with van der Waals surface area (Å²) in [6, 6.07) is 7.48. The molecule has 1 aliphatic rings. The van der Waals surface area contributed by atoms with E-state index in [4.69, 9.17) is 4.74 Å². The number of hydrogen-bond donors (Lipinski definition) is 1. The number of rotatable bonds is 5. The lowest BCUT2D eigenvalue weighted by molar-refractivity contribution is 0.0263. The topological polar surface area (TPSA) is 46.5 Å². The van der Waals surface area contributed by atoms with E-state index in [0.717, 1.165) is 18.4 Å². The number of ketones is 1. The van der Waals surface area contributed by atoms with Gasteiger partial charge in [0.1, 0.15) is 5.60 Å². The molecule has 140 valence electrons. The highest BCUT2D eigenvalue weighted by Gasteiger charge is 2.25. The van der Waals surface area contributed by atoms with Crippen molar-refractivity contribution in [2.45, 2.75) is 96.4 Å². The number of hydrogen-bond acceptors (Lipinski definition) is 3. The quantitative estimate of drug-likeness (QED) is 0.722. The molecule has 0 aliphatic heterocycles. The minimum absolute atomic E-state index is 0.246. The molecule has 3 heteroatoms. The molecular weight excluding hydrogens is 312 g/mol. The van der Waals surface area contributed by atoms with E-state index in [-0.39, 0.29) is 5.78 Å². The van der Waals surface area contributed by atoms with E-state index in [0.29, 0.717) is 18.3 Å². The largest absolute Gasteiger partial charge is 0.382 e. The summed E-state index contributed by atoms with van der Waals surface area (Å²) in [5, 5.41) is 9.91. The first-order valence-electron chi connectivity index (χ1n) is 9.94. The van der Waals surface area contributed by atoms with Crippen molar-refractivity contribution >= 4 is 5.78 Å². The van der Waals surface area contributed by atoms with Gasteiger partial charge in [0, 0.05) is 5.56 Å². The van der Waals surface area contributed by atoms with E-state index in [9.17, 15) is 9.90 Å². The zero-order valence-corrected chi connectivity index (χ0v) is 15.9. The second kappa shape index (κ2) is 10.1. The van der Waals surface area contributed by atoms with Crippen molar-refractivity contribution in [2.24, 2.45) is 0 Å². The number of aliphatic hydroxyl groups is 1. The van der Waals surface area contributed by atoms with Gasteiger partial charge in [0.2, 0.25) is 0 Å². The van der Waals surface area contributed by atoms with Gasteiger partial charge in [-0.25, -0.2) is 0 Å². The normalized spacial score (nSPS) is 18.5. The molecule has 1 aliphatic carbocycles. The summed E-state index contributed by atoms with van der Waals surface area (Å²) in [4.78, 5) is 12.2. The molecule has 25 heavy (non-hydrogen) atoms. The molecule has 0 atom stereocenters. The molecule has 1 saturated carbocycles. The number of Topliss-reactive ketones (excluding diaryl/α,β-unsaturated/α-hetero) is 1. The molecule has 0 radical (unpaired) electrons. The van der Waals surface area contributed by atoms with Crippen LogP contribution in [0.4, 0.5) is 0 Å². The first kappa shape index (κ1) is 20.1. The Bertz CT molecular complexity index is 518. The van der Waals surface area contributed by atoms with E-state index in [1.165, 1.54) is 65.2 Å². The lowest BCUT2D eigenvalue weighted by Crippen LogP contribution is -2.31. The minimum atomic E-state index is -1.34. The Labute approximate surface area is 152 Å². The van der Waals surface area contributed by atoms with E-state index >= 15 is 0 Å². The molecule has 0 unspecified atom stereocenters. The molecule has 1 N–H and O–H groups in total. The molecule has 3 nitrogen and oxygen atoms in total. The van der Waals surface area contributed by atoms with E-state index in [2.05, 4.69) is 0 Å². The van der Waals surface area contributed by atoms with Crippen LogP contribution in [0.2, 0.25) is 0 Å². The van der Waals surface area contributed by atoms with Crippen molar-refractivity contribution in [2.75, 3.05) is 0 Å². The van der Waals surface area contributed by atoms with Crippen LogP contribution in [0, 0.1) is 0 Å². The zero-order chi connectivity index (χ0) is 18.1. The van der Waals surface area contributed by atoms with Crippen molar-refractivity contribution in [1.82, 2.24) is 0 Å². The number of carbonyl (C=O) groups is 1. The highest BCUT2D eigenvalue weighted by atomic mass is 16.5. The van der Waals surface area contributed by atoms with Gasteiger partial charge in [0.15, 0.2) is 5.78 Å². The van der Waals surface area contributed by atoms with Gasteiger partial charge in [-0.3, -0.25) is 4.79 Å². The first-order chi connectivity index (χ1) is 12.0.